The van der Waals surface area contributed by atoms with E-state index in [1.54, 1.807) is 6.92 Å². The van der Waals surface area contributed by atoms with Gasteiger partial charge in [0.2, 0.25) is 23.1 Å². The van der Waals surface area contributed by atoms with Gasteiger partial charge in [-0.05, 0) is 26.7 Å². The Morgan fingerprint density at radius 2 is 1.68 bits per heavy atom. The van der Waals surface area contributed by atoms with Crippen molar-refractivity contribution in [2.45, 2.75) is 33.6 Å². The topological polar surface area (TPSA) is 52.6 Å². The number of ketones is 2. The SMILES string of the molecule is CC/C(C)=C/CC1=C(C)C(=O)C(OC)=C(OC)C1=O.[HH]. The van der Waals surface area contributed by atoms with E-state index in [-0.39, 0.29) is 24.5 Å². The molecule has 0 aromatic heterocycles. The average Bonchev–Trinajstić information content (AvgIpc) is 2.41. The standard InChI is InChI=1S/C15H20O4.H2/c1-6-9(2)7-8-11-10(3)12(16)14(18-4)15(19-5)13(11)17;/h7H,6,8H2,1-5H3;1H/b9-7+;. The van der Waals surface area contributed by atoms with E-state index in [4.69, 9.17) is 9.47 Å². The third kappa shape index (κ3) is 2.95. The molecule has 0 saturated carbocycles. The molecule has 1 aliphatic carbocycles. The minimum absolute atomic E-state index is 0. The molecule has 0 aliphatic heterocycles. The second kappa shape index (κ2) is 6.36. The highest BCUT2D eigenvalue weighted by atomic mass is 16.5. The van der Waals surface area contributed by atoms with Crippen LogP contribution in [0.3, 0.4) is 0 Å². The minimum atomic E-state index is -0.281. The van der Waals surface area contributed by atoms with Crippen molar-refractivity contribution in [3.63, 3.8) is 0 Å². The van der Waals surface area contributed by atoms with Crippen molar-refractivity contribution in [1.29, 1.82) is 0 Å². The minimum Gasteiger partial charge on any atom is -0.489 e. The molecule has 0 radical (unpaired) electrons. The number of hydrogen-bond donors (Lipinski definition) is 0. The Balaban J connectivity index is 0.00000361. The lowest BCUT2D eigenvalue weighted by Crippen LogP contribution is -2.24. The van der Waals surface area contributed by atoms with Crippen LogP contribution in [-0.4, -0.2) is 25.8 Å². The zero-order valence-electron chi connectivity index (χ0n) is 12.1. The monoisotopic (exact) mass is 266 g/mol. The summed E-state index contributed by atoms with van der Waals surface area (Å²) in [4.78, 5) is 24.4. The van der Waals surface area contributed by atoms with Gasteiger partial charge in [0.05, 0.1) is 14.2 Å². The predicted molar refractivity (Wildman–Crippen MR) is 74.5 cm³/mol. The van der Waals surface area contributed by atoms with Crippen molar-refractivity contribution in [1.82, 2.24) is 0 Å². The van der Waals surface area contributed by atoms with Gasteiger partial charge in [-0.15, -0.1) is 0 Å². The van der Waals surface area contributed by atoms with Gasteiger partial charge in [-0.2, -0.15) is 0 Å². The lowest BCUT2D eigenvalue weighted by molar-refractivity contribution is -0.121. The largest absolute Gasteiger partial charge is 0.489 e. The number of rotatable bonds is 5. The molecule has 0 heterocycles. The zero-order chi connectivity index (χ0) is 14.6. The summed E-state index contributed by atoms with van der Waals surface area (Å²) in [5, 5.41) is 0. The molecule has 0 amide bonds. The van der Waals surface area contributed by atoms with E-state index in [1.165, 1.54) is 19.8 Å². The van der Waals surface area contributed by atoms with Crippen LogP contribution in [0.1, 0.15) is 35.0 Å². The lowest BCUT2D eigenvalue weighted by Gasteiger charge is -2.19. The smallest absolute Gasteiger partial charge is 0.228 e. The van der Waals surface area contributed by atoms with Crippen molar-refractivity contribution in [2.24, 2.45) is 0 Å². The van der Waals surface area contributed by atoms with Crippen LogP contribution in [-0.2, 0) is 19.1 Å². The number of carbonyl (C=O) groups excluding carboxylic acids is 2. The van der Waals surface area contributed by atoms with Gasteiger partial charge < -0.3 is 9.47 Å². The molecule has 0 aromatic rings. The number of methoxy groups -OCH3 is 2. The molecule has 0 atom stereocenters. The molecule has 4 heteroatoms. The van der Waals surface area contributed by atoms with Crippen LogP contribution >= 0.6 is 0 Å². The number of hydrogen-bond acceptors (Lipinski definition) is 4. The number of ether oxygens (including phenoxy) is 2. The van der Waals surface area contributed by atoms with Gasteiger partial charge in [0, 0.05) is 12.6 Å². The van der Waals surface area contributed by atoms with E-state index >= 15 is 0 Å². The first-order valence-corrected chi connectivity index (χ1v) is 6.24. The van der Waals surface area contributed by atoms with E-state index in [9.17, 15) is 9.59 Å². The Morgan fingerprint density at radius 1 is 1.16 bits per heavy atom. The molecular weight excluding hydrogens is 244 g/mol. The van der Waals surface area contributed by atoms with Crippen molar-refractivity contribution in [3.05, 3.63) is 34.3 Å². The first-order valence-electron chi connectivity index (χ1n) is 6.24. The summed E-state index contributed by atoms with van der Waals surface area (Å²) in [5.74, 6) is -0.561. The summed E-state index contributed by atoms with van der Waals surface area (Å²) in [7, 11) is 2.73. The van der Waals surface area contributed by atoms with Crippen molar-refractivity contribution in [3.8, 4) is 0 Å². The third-order valence-corrected chi connectivity index (χ3v) is 3.31. The fraction of sp³-hybridized carbons (Fsp3) is 0.467. The highest BCUT2D eigenvalue weighted by Gasteiger charge is 2.33. The van der Waals surface area contributed by atoms with Crippen LogP contribution in [0.2, 0.25) is 0 Å². The second-order valence-electron chi connectivity index (χ2n) is 4.44. The van der Waals surface area contributed by atoms with Gasteiger partial charge in [-0.3, -0.25) is 9.59 Å². The van der Waals surface area contributed by atoms with Crippen molar-refractivity contribution < 1.29 is 20.5 Å². The summed E-state index contributed by atoms with van der Waals surface area (Å²) in [6, 6.07) is 0. The first kappa shape index (κ1) is 15.2. The number of carbonyl (C=O) groups is 2. The van der Waals surface area contributed by atoms with Crippen LogP contribution in [0, 0.1) is 0 Å². The molecule has 106 valence electrons. The fourth-order valence-corrected chi connectivity index (χ4v) is 1.86. The van der Waals surface area contributed by atoms with Crippen LogP contribution in [0.4, 0.5) is 0 Å². The number of allylic oxidation sites excluding steroid dienone is 4. The fourth-order valence-electron chi connectivity index (χ4n) is 1.86. The Bertz CT molecular complexity index is 498. The predicted octanol–water partition coefficient (Wildman–Crippen LogP) is 2.95. The van der Waals surface area contributed by atoms with Crippen LogP contribution in [0.15, 0.2) is 34.3 Å². The van der Waals surface area contributed by atoms with E-state index in [0.717, 1.165) is 6.42 Å². The molecule has 0 unspecified atom stereocenters. The lowest BCUT2D eigenvalue weighted by atomic mass is 9.90. The first-order chi connectivity index (χ1) is 8.97. The number of Topliss-reactive ketones (excluding diaryl/α,β-unsaturated/α-hetero) is 2. The summed E-state index contributed by atoms with van der Waals surface area (Å²) >= 11 is 0. The van der Waals surface area contributed by atoms with E-state index in [0.29, 0.717) is 17.6 Å². The zero-order valence-corrected chi connectivity index (χ0v) is 12.1. The summed E-state index contributed by atoms with van der Waals surface area (Å²) in [6.07, 6.45) is 3.33. The molecule has 0 fully saturated rings. The average molecular weight is 266 g/mol. The molecule has 0 aromatic carbocycles. The Labute approximate surface area is 115 Å². The highest BCUT2D eigenvalue weighted by molar-refractivity contribution is 6.23. The highest BCUT2D eigenvalue weighted by Crippen LogP contribution is 2.28. The van der Waals surface area contributed by atoms with Gasteiger partial charge in [0.1, 0.15) is 0 Å². The van der Waals surface area contributed by atoms with Crippen molar-refractivity contribution in [2.75, 3.05) is 14.2 Å². The molecule has 0 bridgehead atoms. The van der Waals surface area contributed by atoms with E-state index in [1.807, 2.05) is 19.9 Å². The molecule has 1 rings (SSSR count). The Kier molecular flexibility index (Phi) is 5.10. The molecule has 0 saturated heterocycles. The quantitative estimate of drug-likeness (QED) is 0.567. The van der Waals surface area contributed by atoms with Gasteiger partial charge in [-0.1, -0.05) is 18.6 Å². The maximum atomic E-state index is 12.3. The van der Waals surface area contributed by atoms with E-state index < -0.39 is 0 Å². The second-order valence-corrected chi connectivity index (χ2v) is 4.44. The summed E-state index contributed by atoms with van der Waals surface area (Å²) in [6.45, 7) is 5.69. The van der Waals surface area contributed by atoms with Crippen molar-refractivity contribution >= 4 is 11.6 Å². The maximum absolute atomic E-state index is 12.3. The Morgan fingerprint density at radius 3 is 2.16 bits per heavy atom. The third-order valence-electron chi connectivity index (χ3n) is 3.31. The van der Waals surface area contributed by atoms with Gasteiger partial charge in [-0.25, -0.2) is 0 Å². The van der Waals surface area contributed by atoms with Gasteiger partial charge >= 0.3 is 0 Å². The van der Waals surface area contributed by atoms with Crippen LogP contribution < -0.4 is 0 Å². The molecule has 4 nitrogen and oxygen atoms in total. The van der Waals surface area contributed by atoms with Crippen LogP contribution in [0.5, 0.6) is 0 Å². The van der Waals surface area contributed by atoms with Gasteiger partial charge in [0.25, 0.3) is 0 Å². The molecular formula is C15H22O4. The Hall–Kier alpha value is -1.84. The van der Waals surface area contributed by atoms with E-state index in [2.05, 4.69) is 0 Å². The molecule has 1 aliphatic rings. The van der Waals surface area contributed by atoms with Crippen LogP contribution in [0.25, 0.3) is 0 Å². The van der Waals surface area contributed by atoms with Gasteiger partial charge in [0.15, 0.2) is 0 Å². The normalized spacial score (nSPS) is 17.2. The molecule has 19 heavy (non-hydrogen) atoms. The molecule has 0 spiro atoms. The molecule has 0 N–H and O–H groups in total. The summed E-state index contributed by atoms with van der Waals surface area (Å²) in [5.41, 5.74) is 2.10. The maximum Gasteiger partial charge on any atom is 0.228 e. The summed E-state index contributed by atoms with van der Waals surface area (Å²) < 4.78 is 10.00.